The van der Waals surface area contributed by atoms with Crippen molar-refractivity contribution in [3.63, 3.8) is 0 Å². The number of nitro groups is 1. The molecule has 1 unspecified atom stereocenters. The minimum Gasteiger partial charge on any atom is -0.497 e. The van der Waals surface area contributed by atoms with E-state index in [1.54, 1.807) is 26.2 Å². The first-order valence-corrected chi connectivity index (χ1v) is 9.20. The Labute approximate surface area is 169 Å². The summed E-state index contributed by atoms with van der Waals surface area (Å²) < 4.78 is 10.5. The van der Waals surface area contributed by atoms with Gasteiger partial charge in [-0.1, -0.05) is 18.2 Å². The molecule has 7 nitrogen and oxygen atoms in total. The third-order valence-electron chi connectivity index (χ3n) is 4.80. The van der Waals surface area contributed by atoms with Crippen LogP contribution in [0.1, 0.15) is 25.3 Å². The average Bonchev–Trinajstić information content (AvgIpc) is 2.73. The molecule has 1 aliphatic rings. The zero-order chi connectivity index (χ0) is 21.0. The van der Waals surface area contributed by atoms with E-state index in [9.17, 15) is 14.9 Å². The lowest BCUT2D eigenvalue weighted by atomic mass is 9.87. The highest BCUT2D eigenvalue weighted by Gasteiger charge is 2.30. The highest BCUT2D eigenvalue weighted by Crippen LogP contribution is 2.37. The smallest absolute Gasteiger partial charge is 0.336 e. The summed E-state index contributed by atoms with van der Waals surface area (Å²) in [5.41, 5.74) is 2.90. The predicted octanol–water partition coefficient (Wildman–Crippen LogP) is 4.56. The van der Waals surface area contributed by atoms with Crippen molar-refractivity contribution in [3.05, 3.63) is 87.8 Å². The molecule has 0 aromatic heterocycles. The SMILES string of the molecule is CCOC(=O)C1=C(C)N(c2ccc(OC)cc2)C=CC1c1ccc([N+](=O)[O-])cc1. The molecule has 0 aliphatic carbocycles. The first kappa shape index (κ1) is 20.1. The molecule has 2 aromatic rings. The molecule has 7 heteroatoms. The topological polar surface area (TPSA) is 81.9 Å². The number of rotatable bonds is 6. The van der Waals surface area contributed by atoms with E-state index in [1.807, 2.05) is 48.4 Å². The number of hydrogen-bond acceptors (Lipinski definition) is 6. The predicted molar refractivity (Wildman–Crippen MR) is 110 cm³/mol. The van der Waals surface area contributed by atoms with E-state index in [0.29, 0.717) is 5.57 Å². The molecule has 29 heavy (non-hydrogen) atoms. The van der Waals surface area contributed by atoms with Gasteiger partial charge in [-0.3, -0.25) is 10.1 Å². The maximum atomic E-state index is 12.8. The largest absolute Gasteiger partial charge is 0.497 e. The van der Waals surface area contributed by atoms with Crippen LogP contribution < -0.4 is 9.64 Å². The summed E-state index contributed by atoms with van der Waals surface area (Å²) in [6, 6.07) is 13.7. The van der Waals surface area contributed by atoms with Crippen LogP contribution >= 0.6 is 0 Å². The van der Waals surface area contributed by atoms with Crippen LogP contribution in [0.5, 0.6) is 5.75 Å². The van der Waals surface area contributed by atoms with Gasteiger partial charge in [-0.2, -0.15) is 0 Å². The van der Waals surface area contributed by atoms with Crippen molar-refractivity contribution in [2.75, 3.05) is 18.6 Å². The highest BCUT2D eigenvalue weighted by molar-refractivity contribution is 5.93. The molecular weight excluding hydrogens is 372 g/mol. The molecular formula is C22H22N2O5. The Hall–Kier alpha value is -3.61. The lowest BCUT2D eigenvalue weighted by Gasteiger charge is -2.31. The number of nitrogens with zero attached hydrogens (tertiary/aromatic N) is 2. The Kier molecular flexibility index (Phi) is 5.97. The molecule has 1 heterocycles. The summed E-state index contributed by atoms with van der Waals surface area (Å²) in [6.45, 7) is 3.88. The van der Waals surface area contributed by atoms with E-state index >= 15 is 0 Å². The van der Waals surface area contributed by atoms with Crippen LogP contribution in [0, 0.1) is 10.1 Å². The minimum absolute atomic E-state index is 0.00628. The molecule has 0 fully saturated rings. The average molecular weight is 394 g/mol. The monoisotopic (exact) mass is 394 g/mol. The Morgan fingerprint density at radius 3 is 2.34 bits per heavy atom. The van der Waals surface area contributed by atoms with Gasteiger partial charge in [0.15, 0.2) is 0 Å². The van der Waals surface area contributed by atoms with Crippen LogP contribution in [0.25, 0.3) is 0 Å². The van der Waals surface area contributed by atoms with Crippen molar-refractivity contribution in [3.8, 4) is 5.75 Å². The van der Waals surface area contributed by atoms with Gasteiger partial charge in [-0.05, 0) is 43.7 Å². The fourth-order valence-corrected chi connectivity index (χ4v) is 3.32. The van der Waals surface area contributed by atoms with Crippen molar-refractivity contribution in [2.45, 2.75) is 19.8 Å². The summed E-state index contributed by atoms with van der Waals surface area (Å²) in [5.74, 6) is -0.0219. The number of non-ortho nitro benzene ring substituents is 1. The number of ether oxygens (including phenoxy) is 2. The molecule has 1 atom stereocenters. The van der Waals surface area contributed by atoms with E-state index in [-0.39, 0.29) is 18.2 Å². The van der Waals surface area contributed by atoms with Gasteiger partial charge in [0.2, 0.25) is 0 Å². The fraction of sp³-hybridized carbons (Fsp3) is 0.227. The Morgan fingerprint density at radius 1 is 1.14 bits per heavy atom. The first-order chi connectivity index (χ1) is 14.0. The van der Waals surface area contributed by atoms with Crippen molar-refractivity contribution < 1.29 is 19.2 Å². The maximum Gasteiger partial charge on any atom is 0.336 e. The molecule has 3 rings (SSSR count). The third-order valence-corrected chi connectivity index (χ3v) is 4.80. The second-order valence-corrected chi connectivity index (χ2v) is 6.46. The molecule has 0 saturated heterocycles. The number of allylic oxidation sites excluding steroid dienone is 2. The first-order valence-electron chi connectivity index (χ1n) is 9.20. The zero-order valence-electron chi connectivity index (χ0n) is 16.5. The number of anilines is 1. The summed E-state index contributed by atoms with van der Waals surface area (Å²) in [4.78, 5) is 25.2. The molecule has 0 N–H and O–H groups in total. The van der Waals surface area contributed by atoms with Crippen molar-refractivity contribution in [1.29, 1.82) is 0 Å². The summed E-state index contributed by atoms with van der Waals surface area (Å²) in [7, 11) is 1.61. The van der Waals surface area contributed by atoms with Crippen molar-refractivity contribution >= 4 is 17.3 Å². The van der Waals surface area contributed by atoms with Crippen molar-refractivity contribution in [2.24, 2.45) is 0 Å². The molecule has 0 spiro atoms. The van der Waals surface area contributed by atoms with Crippen molar-refractivity contribution in [1.82, 2.24) is 0 Å². The van der Waals surface area contributed by atoms with Gasteiger partial charge in [0.05, 0.1) is 24.2 Å². The van der Waals surface area contributed by atoms with Crippen LogP contribution in [-0.4, -0.2) is 24.6 Å². The van der Waals surface area contributed by atoms with Gasteiger partial charge in [0.25, 0.3) is 5.69 Å². The van der Waals surface area contributed by atoms with Crippen LogP contribution in [0.2, 0.25) is 0 Å². The standard InChI is InChI=1S/C22H22N2O5/c1-4-29-22(25)21-15(2)23(17-9-11-19(28-3)12-10-17)14-13-20(21)16-5-7-18(8-6-16)24(26)27/h5-14,20H,4H2,1-3H3. The van der Waals surface area contributed by atoms with Gasteiger partial charge in [-0.25, -0.2) is 4.79 Å². The van der Waals surface area contributed by atoms with E-state index < -0.39 is 10.9 Å². The molecule has 1 aliphatic heterocycles. The van der Waals surface area contributed by atoms with Gasteiger partial charge >= 0.3 is 5.97 Å². The van der Waals surface area contributed by atoms with Gasteiger partial charge in [-0.15, -0.1) is 0 Å². The van der Waals surface area contributed by atoms with E-state index in [4.69, 9.17) is 9.47 Å². The molecule has 0 radical (unpaired) electrons. The summed E-state index contributed by atoms with van der Waals surface area (Å²) in [6.07, 6.45) is 3.79. The Bertz CT molecular complexity index is 962. The number of carbonyl (C=O) groups is 1. The van der Waals surface area contributed by atoms with Gasteiger partial charge in [0, 0.05) is 35.6 Å². The quantitative estimate of drug-likeness (QED) is 0.406. The number of esters is 1. The minimum atomic E-state index is -0.445. The molecule has 150 valence electrons. The second kappa shape index (κ2) is 8.60. The fourth-order valence-electron chi connectivity index (χ4n) is 3.32. The number of methoxy groups -OCH3 is 1. The van der Waals surface area contributed by atoms with E-state index in [2.05, 4.69) is 0 Å². The maximum absolute atomic E-state index is 12.8. The molecule has 0 bridgehead atoms. The summed E-state index contributed by atoms with van der Waals surface area (Å²) >= 11 is 0. The lowest BCUT2D eigenvalue weighted by molar-refractivity contribution is -0.384. The molecule has 2 aromatic carbocycles. The van der Waals surface area contributed by atoms with Crippen LogP contribution in [0.15, 0.2) is 72.1 Å². The molecule has 0 amide bonds. The second-order valence-electron chi connectivity index (χ2n) is 6.46. The number of nitro benzene ring substituents is 1. The van der Waals surface area contributed by atoms with Crippen LogP contribution in [0.3, 0.4) is 0 Å². The van der Waals surface area contributed by atoms with E-state index in [0.717, 1.165) is 22.7 Å². The number of carbonyl (C=O) groups excluding carboxylic acids is 1. The third kappa shape index (κ3) is 4.13. The summed E-state index contributed by atoms with van der Waals surface area (Å²) in [5, 5.41) is 10.9. The van der Waals surface area contributed by atoms with Crippen LogP contribution in [0.4, 0.5) is 11.4 Å². The Morgan fingerprint density at radius 2 is 1.79 bits per heavy atom. The number of benzene rings is 2. The number of hydrogen-bond donors (Lipinski definition) is 0. The molecule has 0 saturated carbocycles. The van der Waals surface area contributed by atoms with Gasteiger partial charge in [0.1, 0.15) is 5.75 Å². The zero-order valence-corrected chi connectivity index (χ0v) is 16.5. The highest BCUT2D eigenvalue weighted by atomic mass is 16.6. The lowest BCUT2D eigenvalue weighted by Crippen LogP contribution is -2.26. The normalized spacial score (nSPS) is 16.0. The van der Waals surface area contributed by atoms with Crippen LogP contribution in [-0.2, 0) is 9.53 Å². The van der Waals surface area contributed by atoms with Gasteiger partial charge < -0.3 is 14.4 Å². The Balaban J connectivity index is 2.01. The van der Waals surface area contributed by atoms with E-state index in [1.165, 1.54) is 12.1 Å².